The summed E-state index contributed by atoms with van der Waals surface area (Å²) in [5.41, 5.74) is -1.78. The lowest BCUT2D eigenvalue weighted by molar-refractivity contribution is -0.260. The van der Waals surface area contributed by atoms with Crippen LogP contribution >= 0.6 is 11.3 Å². The molecule has 17 heavy (non-hydrogen) atoms. The highest BCUT2D eigenvalue weighted by atomic mass is 32.1. The molecule has 1 N–H and O–H groups in total. The molecule has 3 nitrogen and oxygen atoms in total. The van der Waals surface area contributed by atoms with Crippen molar-refractivity contribution in [2.45, 2.75) is 25.6 Å². The van der Waals surface area contributed by atoms with Gasteiger partial charge in [0.15, 0.2) is 0 Å². The van der Waals surface area contributed by atoms with Crippen molar-refractivity contribution in [3.05, 3.63) is 16.6 Å². The largest absolute Gasteiger partial charge is 0.422 e. The lowest BCUT2D eigenvalue weighted by atomic mass is 10.0. The van der Waals surface area contributed by atoms with Crippen LogP contribution in [-0.4, -0.2) is 21.1 Å². The Morgan fingerprint density at radius 1 is 1.41 bits per heavy atom. The van der Waals surface area contributed by atoms with Crippen molar-refractivity contribution in [3.8, 4) is 0 Å². The van der Waals surface area contributed by atoms with Crippen LogP contribution in [0.4, 0.5) is 13.2 Å². The summed E-state index contributed by atoms with van der Waals surface area (Å²) in [5, 5.41) is 15.5. The SMILES string of the molecule is Cc1csc2c(C(C)(O)C(F)(F)F)n(C)nc12. The van der Waals surface area contributed by atoms with Gasteiger partial charge in [0.2, 0.25) is 5.60 Å². The number of halogens is 3. The number of fused-ring (bicyclic) bond motifs is 1. The molecule has 0 saturated carbocycles. The fourth-order valence-corrected chi connectivity index (χ4v) is 2.91. The maximum absolute atomic E-state index is 12.8. The van der Waals surface area contributed by atoms with Crippen molar-refractivity contribution in [2.75, 3.05) is 0 Å². The zero-order chi connectivity index (χ0) is 13.0. The quantitative estimate of drug-likeness (QED) is 0.860. The number of alkyl halides is 3. The van der Waals surface area contributed by atoms with Crippen LogP contribution in [-0.2, 0) is 12.6 Å². The molecule has 2 aromatic heterocycles. The van der Waals surface area contributed by atoms with E-state index in [1.54, 1.807) is 12.3 Å². The second kappa shape index (κ2) is 3.46. The van der Waals surface area contributed by atoms with Crippen molar-refractivity contribution < 1.29 is 18.3 Å². The highest BCUT2D eigenvalue weighted by Crippen LogP contribution is 2.43. The number of hydrogen-bond acceptors (Lipinski definition) is 3. The number of aromatic nitrogens is 2. The molecule has 1 unspecified atom stereocenters. The maximum Gasteiger partial charge on any atom is 0.422 e. The van der Waals surface area contributed by atoms with Gasteiger partial charge in [-0.1, -0.05) is 0 Å². The van der Waals surface area contributed by atoms with Crippen molar-refractivity contribution in [1.82, 2.24) is 9.78 Å². The van der Waals surface area contributed by atoms with E-state index in [0.29, 0.717) is 10.2 Å². The lowest BCUT2D eigenvalue weighted by Crippen LogP contribution is -2.40. The summed E-state index contributed by atoms with van der Waals surface area (Å²) in [7, 11) is 1.40. The standard InChI is InChI=1S/C10H11F3N2OS/c1-5-4-17-7-6(5)14-15(3)8(7)9(2,16)10(11,12)13/h4,16H,1-3H3. The van der Waals surface area contributed by atoms with Gasteiger partial charge in [0, 0.05) is 7.05 Å². The molecule has 1 atom stereocenters. The molecule has 0 saturated heterocycles. The summed E-state index contributed by atoms with van der Waals surface area (Å²) in [4.78, 5) is 0. The second-order valence-corrected chi connectivity index (χ2v) is 5.02. The van der Waals surface area contributed by atoms with Crippen LogP contribution < -0.4 is 0 Å². The van der Waals surface area contributed by atoms with Gasteiger partial charge >= 0.3 is 6.18 Å². The predicted molar refractivity (Wildman–Crippen MR) is 59.0 cm³/mol. The summed E-state index contributed by atoms with van der Waals surface area (Å²) >= 11 is 1.16. The Hall–Kier alpha value is -1.08. The van der Waals surface area contributed by atoms with E-state index in [0.717, 1.165) is 28.5 Å². The predicted octanol–water partition coefficient (Wildman–Crippen LogP) is 2.71. The zero-order valence-electron chi connectivity index (χ0n) is 9.46. The van der Waals surface area contributed by atoms with Crippen molar-refractivity contribution in [2.24, 2.45) is 7.05 Å². The van der Waals surface area contributed by atoms with Gasteiger partial charge in [0.25, 0.3) is 0 Å². The minimum Gasteiger partial charge on any atom is -0.375 e. The average molecular weight is 264 g/mol. The van der Waals surface area contributed by atoms with Gasteiger partial charge in [0.1, 0.15) is 5.52 Å². The van der Waals surface area contributed by atoms with Gasteiger partial charge in [-0.3, -0.25) is 4.68 Å². The Balaban J connectivity index is 2.74. The summed E-state index contributed by atoms with van der Waals surface area (Å²) < 4.78 is 40.0. The van der Waals surface area contributed by atoms with E-state index in [1.165, 1.54) is 7.05 Å². The first kappa shape index (κ1) is 12.4. The van der Waals surface area contributed by atoms with Gasteiger partial charge in [-0.2, -0.15) is 18.3 Å². The number of nitrogens with zero attached hydrogens (tertiary/aromatic N) is 2. The van der Waals surface area contributed by atoms with Crippen LogP contribution in [0.5, 0.6) is 0 Å². The Kier molecular flexibility index (Phi) is 2.52. The fourth-order valence-electron chi connectivity index (χ4n) is 1.75. The number of rotatable bonds is 1. The first-order valence-corrected chi connectivity index (χ1v) is 5.74. The number of aryl methyl sites for hydroxylation is 2. The van der Waals surface area contributed by atoms with Crippen LogP contribution in [0.1, 0.15) is 18.2 Å². The maximum atomic E-state index is 12.8. The molecule has 0 bridgehead atoms. The minimum atomic E-state index is -4.73. The number of aliphatic hydroxyl groups is 1. The topological polar surface area (TPSA) is 38.0 Å². The molecule has 0 aromatic carbocycles. The van der Waals surface area contributed by atoms with E-state index < -0.39 is 11.8 Å². The van der Waals surface area contributed by atoms with Crippen LogP contribution in [0.3, 0.4) is 0 Å². The molecule has 0 fully saturated rings. The molecule has 2 aromatic rings. The van der Waals surface area contributed by atoms with Crippen LogP contribution in [0.15, 0.2) is 5.38 Å². The highest BCUT2D eigenvalue weighted by molar-refractivity contribution is 7.17. The molecule has 0 radical (unpaired) electrons. The lowest BCUT2D eigenvalue weighted by Gasteiger charge is -2.26. The highest BCUT2D eigenvalue weighted by Gasteiger charge is 2.54. The van der Waals surface area contributed by atoms with Crippen molar-refractivity contribution in [3.63, 3.8) is 0 Å². The summed E-state index contributed by atoms with van der Waals surface area (Å²) in [6, 6.07) is 0. The normalized spacial score (nSPS) is 16.4. The van der Waals surface area contributed by atoms with Crippen LogP contribution in [0.25, 0.3) is 10.2 Å². The molecule has 0 aliphatic carbocycles. The summed E-state index contributed by atoms with van der Waals surface area (Å²) in [5.74, 6) is 0. The third kappa shape index (κ3) is 1.64. The molecule has 0 aliphatic rings. The molecular formula is C10H11F3N2OS. The molecular weight excluding hydrogens is 253 g/mol. The van der Waals surface area contributed by atoms with Crippen molar-refractivity contribution in [1.29, 1.82) is 0 Å². The zero-order valence-corrected chi connectivity index (χ0v) is 10.3. The van der Waals surface area contributed by atoms with Crippen LogP contribution in [0, 0.1) is 6.92 Å². The number of thiophene rings is 1. The first-order chi connectivity index (χ1) is 7.66. The first-order valence-electron chi connectivity index (χ1n) is 4.86. The molecule has 94 valence electrons. The smallest absolute Gasteiger partial charge is 0.375 e. The summed E-state index contributed by atoms with van der Waals surface area (Å²) in [6.07, 6.45) is -4.73. The van der Waals surface area contributed by atoms with E-state index in [4.69, 9.17) is 0 Å². The summed E-state index contributed by atoms with van der Waals surface area (Å²) in [6.45, 7) is 2.52. The number of hydrogen-bond donors (Lipinski definition) is 1. The molecule has 0 amide bonds. The molecule has 0 spiro atoms. The van der Waals surface area contributed by atoms with E-state index in [9.17, 15) is 18.3 Å². The monoisotopic (exact) mass is 264 g/mol. The third-order valence-electron chi connectivity index (χ3n) is 2.74. The molecule has 2 heterocycles. The van der Waals surface area contributed by atoms with Gasteiger partial charge < -0.3 is 5.11 Å². The average Bonchev–Trinajstić information content (AvgIpc) is 2.64. The van der Waals surface area contributed by atoms with Gasteiger partial charge in [-0.25, -0.2) is 0 Å². The van der Waals surface area contributed by atoms with Gasteiger partial charge in [0.05, 0.1) is 10.4 Å². The third-order valence-corrected chi connectivity index (χ3v) is 3.84. The Labute approximate surface area is 99.5 Å². The van der Waals surface area contributed by atoms with E-state index in [1.807, 2.05) is 0 Å². The van der Waals surface area contributed by atoms with E-state index in [2.05, 4.69) is 5.10 Å². The van der Waals surface area contributed by atoms with Gasteiger partial charge in [-0.05, 0) is 24.8 Å². The van der Waals surface area contributed by atoms with E-state index in [-0.39, 0.29) is 5.69 Å². The Morgan fingerprint density at radius 3 is 2.53 bits per heavy atom. The van der Waals surface area contributed by atoms with Gasteiger partial charge in [-0.15, -0.1) is 11.3 Å². The van der Waals surface area contributed by atoms with E-state index >= 15 is 0 Å². The molecule has 0 aliphatic heterocycles. The second-order valence-electron chi connectivity index (χ2n) is 4.14. The van der Waals surface area contributed by atoms with Crippen LogP contribution in [0.2, 0.25) is 0 Å². The Morgan fingerprint density at radius 2 is 2.00 bits per heavy atom. The molecule has 2 rings (SSSR count). The molecule has 7 heteroatoms. The minimum absolute atomic E-state index is 0.210. The Bertz CT molecular complexity index is 568. The van der Waals surface area contributed by atoms with Crippen molar-refractivity contribution >= 4 is 21.6 Å². The fraction of sp³-hybridized carbons (Fsp3) is 0.500.